The first-order valence-corrected chi connectivity index (χ1v) is 6.64. The molecule has 1 saturated carbocycles. The van der Waals surface area contributed by atoms with Gasteiger partial charge in [-0.3, -0.25) is 0 Å². The minimum atomic E-state index is -3.44. The number of rotatable bonds is 4. The lowest BCUT2D eigenvalue weighted by Gasteiger charge is -2.22. The van der Waals surface area contributed by atoms with Crippen molar-refractivity contribution in [3.05, 3.63) is 0 Å². The van der Waals surface area contributed by atoms with Crippen molar-refractivity contribution in [3.8, 4) is 0 Å². The number of hydrogen-bond donors (Lipinski definition) is 3. The summed E-state index contributed by atoms with van der Waals surface area (Å²) in [5.74, 6) is 0. The maximum absolute atomic E-state index is 6.97. The van der Waals surface area contributed by atoms with Crippen LogP contribution < -0.4 is 0 Å². The monoisotopic (exact) mass is 210 g/mol. The highest BCUT2D eigenvalue weighted by Crippen LogP contribution is 2.39. The van der Waals surface area contributed by atoms with E-state index in [-0.39, 0.29) is 5.54 Å². The van der Waals surface area contributed by atoms with Crippen LogP contribution >= 0.6 is 0 Å². The molecular weight excluding hydrogens is 188 g/mol. The molecule has 0 radical (unpaired) electrons. The Morgan fingerprint density at radius 2 is 1.85 bits per heavy atom. The molecule has 0 bridgehead atoms. The van der Waals surface area contributed by atoms with Gasteiger partial charge in [0.2, 0.25) is 0 Å². The Kier molecular flexibility index (Phi) is 1.67. The molecule has 13 heavy (non-hydrogen) atoms. The van der Waals surface area contributed by atoms with E-state index in [4.69, 9.17) is 9.03 Å². The summed E-state index contributed by atoms with van der Waals surface area (Å²) in [6.07, 6.45) is 5.05. The predicted molar refractivity (Wildman–Crippen MR) is 47.9 cm³/mol. The topological polar surface area (TPSA) is 73.2 Å². The van der Waals surface area contributed by atoms with Gasteiger partial charge in [0.05, 0.1) is 12.2 Å². The van der Waals surface area contributed by atoms with Crippen LogP contribution in [0.5, 0.6) is 0 Å². The van der Waals surface area contributed by atoms with Gasteiger partial charge in [-0.1, -0.05) is 6.42 Å². The van der Waals surface area contributed by atoms with Crippen molar-refractivity contribution in [2.75, 3.05) is 0 Å². The Balaban J connectivity index is 1.99. The van der Waals surface area contributed by atoms with Crippen molar-refractivity contribution in [2.45, 2.75) is 49.9 Å². The first kappa shape index (κ1) is 6.52. The highest BCUT2D eigenvalue weighted by Gasteiger charge is 2.45. The third-order valence-corrected chi connectivity index (χ3v) is 4.61. The first-order chi connectivity index (χ1) is 7.75. The molecule has 1 aliphatic carbocycles. The summed E-state index contributed by atoms with van der Waals surface area (Å²) < 4.78 is 26.4. The summed E-state index contributed by atoms with van der Waals surface area (Å²) in [5.41, 5.74) is -0.134. The quantitative estimate of drug-likeness (QED) is 0.451. The minimum Gasteiger partial charge on any atom is -0.390 e. The molecule has 1 heterocycles. The lowest BCUT2D eigenvalue weighted by Crippen LogP contribution is -2.41. The van der Waals surface area contributed by atoms with Gasteiger partial charge < -0.3 is 19.1 Å². The lowest BCUT2D eigenvalue weighted by atomic mass is 10.0. The maximum atomic E-state index is 6.97. The number of ether oxygens (including phenoxy) is 1. The largest absolute Gasteiger partial charge is 0.496 e. The molecule has 0 spiro atoms. The van der Waals surface area contributed by atoms with Crippen LogP contribution in [0.3, 0.4) is 0 Å². The van der Waals surface area contributed by atoms with Crippen molar-refractivity contribution in [1.82, 2.24) is 0 Å². The molecule has 1 saturated heterocycles. The summed E-state index contributed by atoms with van der Waals surface area (Å²) >= 11 is 0. The van der Waals surface area contributed by atoms with E-state index in [0.29, 0.717) is 12.2 Å². The second-order valence-corrected chi connectivity index (χ2v) is 6.05. The molecule has 3 N–H and O–H groups in total. The highest BCUT2D eigenvalue weighted by molar-refractivity contribution is 6.57. The van der Waals surface area contributed by atoms with E-state index in [9.17, 15) is 0 Å². The fourth-order valence-corrected chi connectivity index (χ4v) is 3.19. The Bertz CT molecular complexity index is 233. The molecule has 3 unspecified atom stereocenters. The number of fused-ring (bicyclic) bond motifs is 1. The SMILES string of the molecule is [3H]O[Si](O[3H])(O[3H])C1CCCC2OC2CC1. The average Bonchev–Trinajstić information content (AvgIpc) is 3.01. The standard InChI is InChI=1S/C8H16O4Si/c9-13(10,11)6-2-1-3-7-8(12-7)5-4-6/h6-11H,1-5H2/i9T,10T,11T. The molecule has 76 valence electrons. The minimum absolute atomic E-state index is 0.134. The smallest absolute Gasteiger partial charge is 0.390 e. The van der Waals surface area contributed by atoms with Crippen molar-refractivity contribution >= 4 is 8.80 Å². The Morgan fingerprint density at radius 1 is 1.08 bits per heavy atom. The molecule has 0 aromatic rings. The van der Waals surface area contributed by atoms with Gasteiger partial charge in [0.25, 0.3) is 0 Å². The molecule has 5 heteroatoms. The van der Waals surface area contributed by atoms with Crippen LogP contribution in [-0.2, 0) is 4.74 Å². The fraction of sp³-hybridized carbons (Fsp3) is 1.00. The lowest BCUT2D eigenvalue weighted by molar-refractivity contribution is 0.201. The normalized spacial score (nSPS) is 43.4. The molecule has 2 aliphatic rings. The molecule has 2 rings (SSSR count). The van der Waals surface area contributed by atoms with E-state index in [1.165, 1.54) is 0 Å². The second kappa shape index (κ2) is 3.32. The van der Waals surface area contributed by atoms with E-state index in [1.54, 1.807) is 0 Å². The van der Waals surface area contributed by atoms with Gasteiger partial charge >= 0.3 is 8.80 Å². The van der Waals surface area contributed by atoms with E-state index in [1.807, 2.05) is 0 Å². The van der Waals surface area contributed by atoms with E-state index in [0.717, 1.165) is 32.1 Å². The summed E-state index contributed by atoms with van der Waals surface area (Å²) in [6.45, 7) is 0. The van der Waals surface area contributed by atoms with Gasteiger partial charge in [-0.05, 0) is 25.7 Å². The van der Waals surface area contributed by atoms with Crippen LogP contribution in [-0.4, -0.2) is 39.7 Å². The Morgan fingerprint density at radius 3 is 2.62 bits per heavy atom. The van der Waals surface area contributed by atoms with Gasteiger partial charge in [-0.15, -0.1) is 0 Å². The third-order valence-electron chi connectivity index (χ3n) is 3.03. The van der Waals surface area contributed by atoms with Gasteiger partial charge in [0.15, 0.2) is 4.29 Å². The van der Waals surface area contributed by atoms with Gasteiger partial charge in [0, 0.05) is 5.54 Å². The molecule has 2 fully saturated rings. The zero-order chi connectivity index (χ0) is 11.6. The summed E-state index contributed by atoms with van der Waals surface area (Å²) in [6, 6.07) is 0. The second-order valence-electron chi connectivity index (χ2n) is 4.02. The van der Waals surface area contributed by atoms with Gasteiger partial charge in [-0.2, -0.15) is 0 Å². The highest BCUT2D eigenvalue weighted by atomic mass is 28.4. The van der Waals surface area contributed by atoms with Crippen LogP contribution in [0.1, 0.15) is 32.1 Å². The average molecular weight is 210 g/mol. The van der Waals surface area contributed by atoms with Crippen molar-refractivity contribution < 1.29 is 19.1 Å². The fourth-order valence-electron chi connectivity index (χ4n) is 2.12. The molecule has 0 aromatic heterocycles. The number of epoxide rings is 1. The van der Waals surface area contributed by atoms with Gasteiger partial charge in [0.1, 0.15) is 0 Å². The summed E-state index contributed by atoms with van der Waals surface area (Å²) in [4.78, 5) is 13.3. The molecule has 0 amide bonds. The van der Waals surface area contributed by atoms with Crippen LogP contribution in [0.15, 0.2) is 0 Å². The van der Waals surface area contributed by atoms with Crippen molar-refractivity contribution in [2.24, 2.45) is 0 Å². The molecule has 4 nitrogen and oxygen atoms in total. The molecule has 1 aliphatic heterocycles. The zero-order valence-electron chi connectivity index (χ0n) is 10.4. The maximum Gasteiger partial charge on any atom is 0.496 e. The first-order valence-electron chi connectivity index (χ1n) is 6.06. The third kappa shape index (κ3) is 2.29. The van der Waals surface area contributed by atoms with E-state index in [2.05, 4.69) is 14.4 Å². The molecular formula is C8H16O4Si. The zero-order valence-corrected chi connectivity index (χ0v) is 8.40. The summed E-state index contributed by atoms with van der Waals surface area (Å²) in [5, 5.41) is 0. The van der Waals surface area contributed by atoms with Crippen LogP contribution in [0.4, 0.5) is 0 Å². The van der Waals surface area contributed by atoms with Crippen LogP contribution in [0.2, 0.25) is 5.54 Å². The van der Waals surface area contributed by atoms with Crippen molar-refractivity contribution in [3.63, 3.8) is 0 Å². The Hall–Kier alpha value is 0.0569. The molecule has 3 atom stereocenters. The van der Waals surface area contributed by atoms with Gasteiger partial charge in [-0.25, -0.2) is 0 Å². The van der Waals surface area contributed by atoms with Crippen molar-refractivity contribution in [1.29, 1.82) is 4.29 Å². The van der Waals surface area contributed by atoms with E-state index >= 15 is 0 Å². The Labute approximate surface area is 83.0 Å². The van der Waals surface area contributed by atoms with E-state index < -0.39 is 8.80 Å². The van der Waals surface area contributed by atoms with Crippen LogP contribution in [0, 0.1) is 0 Å². The number of hydrogen-bond acceptors (Lipinski definition) is 4. The predicted octanol–water partition coefficient (Wildman–Crippen LogP) is 0.00390. The van der Waals surface area contributed by atoms with Crippen LogP contribution in [0.25, 0.3) is 0 Å². The summed E-state index contributed by atoms with van der Waals surface area (Å²) in [7, 11) is -3.44. The molecule has 0 aromatic carbocycles.